The largest absolute Gasteiger partial charge is 0.378 e. The lowest BCUT2D eigenvalue weighted by molar-refractivity contribution is 0.104. The van der Waals surface area contributed by atoms with Crippen LogP contribution in [0.2, 0.25) is 0 Å². The van der Waals surface area contributed by atoms with Gasteiger partial charge in [-0.1, -0.05) is 42.0 Å². The first kappa shape index (κ1) is 15.5. The van der Waals surface area contributed by atoms with Crippen molar-refractivity contribution < 1.29 is 4.79 Å². The van der Waals surface area contributed by atoms with Gasteiger partial charge in [0, 0.05) is 25.3 Å². The minimum Gasteiger partial charge on any atom is -0.378 e. The first-order chi connectivity index (χ1) is 10.5. The van der Waals surface area contributed by atoms with Gasteiger partial charge in [0.2, 0.25) is 5.78 Å². The van der Waals surface area contributed by atoms with Gasteiger partial charge < -0.3 is 4.90 Å². The van der Waals surface area contributed by atoms with Gasteiger partial charge in [-0.25, -0.2) is 0 Å². The molecule has 2 rings (SSSR count). The van der Waals surface area contributed by atoms with Crippen molar-refractivity contribution >= 4 is 17.5 Å². The fraction of sp³-hybridized carbons (Fsp3) is 0.158. The summed E-state index contributed by atoms with van der Waals surface area (Å²) in [5.74, 6) is -0.251. The highest BCUT2D eigenvalue weighted by Gasteiger charge is 2.11. The van der Waals surface area contributed by atoms with Crippen LogP contribution in [0.5, 0.6) is 0 Å². The van der Waals surface area contributed by atoms with E-state index in [0.29, 0.717) is 5.56 Å². The van der Waals surface area contributed by atoms with Crippen LogP contribution in [0.3, 0.4) is 0 Å². The molecule has 0 aliphatic heterocycles. The monoisotopic (exact) mass is 290 g/mol. The van der Waals surface area contributed by atoms with Gasteiger partial charge in [-0.05, 0) is 30.7 Å². The Kier molecular flexibility index (Phi) is 4.75. The number of benzene rings is 2. The van der Waals surface area contributed by atoms with E-state index < -0.39 is 0 Å². The number of hydrogen-bond donors (Lipinski definition) is 0. The third kappa shape index (κ3) is 3.62. The molecular formula is C19H18N2O. The van der Waals surface area contributed by atoms with Crippen molar-refractivity contribution in [1.29, 1.82) is 5.26 Å². The number of nitriles is 1. The molecule has 3 nitrogen and oxygen atoms in total. The Labute approximate surface area is 131 Å². The fourth-order valence-corrected chi connectivity index (χ4v) is 2.04. The topological polar surface area (TPSA) is 44.1 Å². The summed E-state index contributed by atoms with van der Waals surface area (Å²) in [5.41, 5.74) is 3.66. The van der Waals surface area contributed by atoms with Crippen molar-refractivity contribution in [3.63, 3.8) is 0 Å². The van der Waals surface area contributed by atoms with Gasteiger partial charge in [0.25, 0.3) is 0 Å². The summed E-state index contributed by atoms with van der Waals surface area (Å²) in [5, 5.41) is 9.27. The van der Waals surface area contributed by atoms with Gasteiger partial charge in [0.15, 0.2) is 0 Å². The number of carbonyl (C=O) groups excluding carboxylic acids is 1. The number of hydrogen-bond acceptors (Lipinski definition) is 3. The molecule has 0 saturated carbocycles. The lowest BCUT2D eigenvalue weighted by Crippen LogP contribution is -2.08. The van der Waals surface area contributed by atoms with Crippen molar-refractivity contribution in [2.75, 3.05) is 19.0 Å². The molecule has 3 heteroatoms. The molecule has 0 radical (unpaired) electrons. The number of rotatable bonds is 4. The van der Waals surface area contributed by atoms with Gasteiger partial charge >= 0.3 is 0 Å². The number of Topliss-reactive ketones (excluding diaryl/α,β-unsaturated/α-hetero) is 1. The molecule has 0 aliphatic carbocycles. The Bertz CT molecular complexity index is 732. The number of nitrogens with zero attached hydrogens (tertiary/aromatic N) is 2. The summed E-state index contributed by atoms with van der Waals surface area (Å²) in [6.07, 6.45) is 1.63. The van der Waals surface area contributed by atoms with Gasteiger partial charge in [-0.2, -0.15) is 5.26 Å². The molecule has 0 aromatic heterocycles. The number of aryl methyl sites for hydroxylation is 1. The van der Waals surface area contributed by atoms with E-state index in [1.165, 1.54) is 0 Å². The Morgan fingerprint density at radius 2 is 1.64 bits per heavy atom. The zero-order chi connectivity index (χ0) is 16.1. The third-order valence-electron chi connectivity index (χ3n) is 3.40. The molecule has 0 aliphatic rings. The van der Waals surface area contributed by atoms with Crippen molar-refractivity contribution in [1.82, 2.24) is 0 Å². The van der Waals surface area contributed by atoms with Crippen LogP contribution in [0.25, 0.3) is 6.08 Å². The molecule has 0 saturated heterocycles. The second kappa shape index (κ2) is 6.73. The second-order valence-electron chi connectivity index (χ2n) is 5.35. The normalized spacial score (nSPS) is 10.9. The minimum absolute atomic E-state index is 0.140. The summed E-state index contributed by atoms with van der Waals surface area (Å²) >= 11 is 0. The van der Waals surface area contributed by atoms with E-state index in [2.05, 4.69) is 0 Å². The minimum atomic E-state index is -0.251. The van der Waals surface area contributed by atoms with E-state index in [1.54, 1.807) is 18.2 Å². The number of ketones is 1. The summed E-state index contributed by atoms with van der Waals surface area (Å²) in [6.45, 7) is 1.96. The maximum Gasteiger partial charge on any atom is 0.203 e. The first-order valence-electron chi connectivity index (χ1n) is 7.02. The molecule has 2 aromatic carbocycles. The fourth-order valence-electron chi connectivity index (χ4n) is 2.04. The van der Waals surface area contributed by atoms with E-state index in [-0.39, 0.29) is 11.4 Å². The lowest BCUT2D eigenvalue weighted by atomic mass is 10.0. The smallest absolute Gasteiger partial charge is 0.203 e. The molecule has 2 aromatic rings. The summed E-state index contributed by atoms with van der Waals surface area (Å²) in [4.78, 5) is 14.4. The van der Waals surface area contributed by atoms with Crippen LogP contribution < -0.4 is 4.90 Å². The number of carbonyl (C=O) groups is 1. The predicted octanol–water partition coefficient (Wildman–Crippen LogP) is 3.85. The van der Waals surface area contributed by atoms with E-state index in [4.69, 9.17) is 0 Å². The molecule has 0 heterocycles. The average molecular weight is 290 g/mol. The van der Waals surface area contributed by atoms with Crippen LogP contribution >= 0.6 is 0 Å². The maximum absolute atomic E-state index is 12.4. The zero-order valence-electron chi connectivity index (χ0n) is 13.0. The van der Waals surface area contributed by atoms with Crippen molar-refractivity contribution in [3.8, 4) is 6.07 Å². The Morgan fingerprint density at radius 3 is 2.14 bits per heavy atom. The highest BCUT2D eigenvalue weighted by atomic mass is 16.1. The van der Waals surface area contributed by atoms with Gasteiger partial charge in [-0.3, -0.25) is 4.79 Å². The molecule has 0 bridgehead atoms. The van der Waals surface area contributed by atoms with E-state index in [1.807, 2.05) is 68.4 Å². The molecule has 110 valence electrons. The number of anilines is 1. The van der Waals surface area contributed by atoms with Crippen LogP contribution in [0.15, 0.2) is 54.1 Å². The third-order valence-corrected chi connectivity index (χ3v) is 3.40. The summed E-state index contributed by atoms with van der Waals surface area (Å²) in [7, 11) is 3.93. The maximum atomic E-state index is 12.4. The molecule has 0 spiro atoms. The SMILES string of the molecule is Cc1ccc(C(=O)/C(C#N)=C\c2ccc(N(C)C)cc2)cc1. The van der Waals surface area contributed by atoms with Crippen LogP contribution in [-0.4, -0.2) is 19.9 Å². The molecule has 22 heavy (non-hydrogen) atoms. The quantitative estimate of drug-likeness (QED) is 0.488. The van der Waals surface area contributed by atoms with Crippen molar-refractivity contribution in [2.45, 2.75) is 6.92 Å². The van der Waals surface area contributed by atoms with Gasteiger partial charge in [-0.15, -0.1) is 0 Å². The summed E-state index contributed by atoms with van der Waals surface area (Å²) in [6, 6.07) is 16.9. The van der Waals surface area contributed by atoms with Crippen LogP contribution in [0, 0.1) is 18.3 Å². The molecule has 0 N–H and O–H groups in total. The predicted molar refractivity (Wildman–Crippen MR) is 89.9 cm³/mol. The lowest BCUT2D eigenvalue weighted by Gasteiger charge is -2.11. The molecule has 0 unspecified atom stereocenters. The first-order valence-corrected chi connectivity index (χ1v) is 7.02. The zero-order valence-corrected chi connectivity index (χ0v) is 13.0. The Morgan fingerprint density at radius 1 is 1.05 bits per heavy atom. The van der Waals surface area contributed by atoms with Crippen molar-refractivity contribution in [2.24, 2.45) is 0 Å². The molecule has 0 atom stereocenters. The van der Waals surface area contributed by atoms with E-state index in [9.17, 15) is 10.1 Å². The van der Waals surface area contributed by atoms with Crippen LogP contribution in [-0.2, 0) is 0 Å². The van der Waals surface area contributed by atoms with Crippen LogP contribution in [0.1, 0.15) is 21.5 Å². The molecule has 0 fully saturated rings. The molecular weight excluding hydrogens is 272 g/mol. The standard InChI is InChI=1S/C19H18N2O/c1-14-4-8-16(9-5-14)19(22)17(13-20)12-15-6-10-18(11-7-15)21(2)3/h4-12H,1-3H3/b17-12-. The second-order valence-corrected chi connectivity index (χ2v) is 5.35. The highest BCUT2D eigenvalue weighted by Crippen LogP contribution is 2.16. The van der Waals surface area contributed by atoms with Gasteiger partial charge in [0.05, 0.1) is 0 Å². The summed E-state index contributed by atoms with van der Waals surface area (Å²) < 4.78 is 0. The van der Waals surface area contributed by atoms with Crippen LogP contribution in [0.4, 0.5) is 5.69 Å². The number of allylic oxidation sites excluding steroid dienone is 1. The van der Waals surface area contributed by atoms with E-state index >= 15 is 0 Å². The average Bonchev–Trinajstić information content (AvgIpc) is 2.53. The Balaban J connectivity index is 2.29. The molecule has 0 amide bonds. The highest BCUT2D eigenvalue weighted by molar-refractivity contribution is 6.14. The van der Waals surface area contributed by atoms with E-state index in [0.717, 1.165) is 16.8 Å². The Hall–Kier alpha value is -2.86. The van der Waals surface area contributed by atoms with Gasteiger partial charge in [0.1, 0.15) is 11.6 Å². The van der Waals surface area contributed by atoms with Crippen molar-refractivity contribution in [3.05, 3.63) is 70.8 Å².